The Labute approximate surface area is 99.6 Å². The van der Waals surface area contributed by atoms with Crippen molar-refractivity contribution >= 4 is 17.6 Å². The summed E-state index contributed by atoms with van der Waals surface area (Å²) in [5.74, 6) is -0.166. The Kier molecular flexibility index (Phi) is 4.35. The number of nitrogen functional groups attached to an aromatic ring is 1. The Morgan fingerprint density at radius 1 is 1.47 bits per heavy atom. The van der Waals surface area contributed by atoms with Gasteiger partial charge in [0.15, 0.2) is 0 Å². The van der Waals surface area contributed by atoms with Crippen LogP contribution in [0.4, 0.5) is 13.2 Å². The van der Waals surface area contributed by atoms with Crippen LogP contribution in [0.15, 0.2) is 17.2 Å². The molecule has 8 heteroatoms. The van der Waals surface area contributed by atoms with Crippen LogP contribution in [-0.4, -0.2) is 28.3 Å². The van der Waals surface area contributed by atoms with E-state index in [2.05, 4.69) is 4.98 Å². The number of aliphatic hydroxyl groups is 1. The van der Waals surface area contributed by atoms with Gasteiger partial charge in [0.05, 0.1) is 6.61 Å². The topological polar surface area (TPSA) is 83.0 Å². The van der Waals surface area contributed by atoms with E-state index in [0.29, 0.717) is 0 Å². The average Bonchev–Trinajstić information content (AvgIpc) is 2.24. The molecule has 0 aliphatic rings. The van der Waals surface area contributed by atoms with Gasteiger partial charge in [0.25, 0.3) is 0 Å². The number of hydrogen-bond acceptors (Lipinski definition) is 4. The Balaban J connectivity index is 3.14. The number of halogens is 3. The number of thioether (sulfide) groups is 1. The van der Waals surface area contributed by atoms with Crippen molar-refractivity contribution in [2.24, 2.45) is 5.73 Å². The first-order chi connectivity index (χ1) is 7.86. The zero-order valence-corrected chi connectivity index (χ0v) is 9.40. The second kappa shape index (κ2) is 5.37. The summed E-state index contributed by atoms with van der Waals surface area (Å²) in [5.41, 5.74) is 4.33. The molecule has 0 bridgehead atoms. The van der Waals surface area contributed by atoms with E-state index in [4.69, 9.17) is 16.2 Å². The van der Waals surface area contributed by atoms with Crippen LogP contribution in [0.3, 0.4) is 0 Å². The number of aliphatic hydroxyl groups excluding tert-OH is 1. The van der Waals surface area contributed by atoms with Gasteiger partial charge in [-0.15, -0.1) is 11.8 Å². The SMILES string of the molecule is N=C(N)c1ccc(C(F)(F)F)nc1SCCO. The minimum absolute atomic E-state index is 0.00127. The molecular formula is C9H10F3N3OS. The Hall–Kier alpha value is -1.28. The summed E-state index contributed by atoms with van der Waals surface area (Å²) in [6.07, 6.45) is -4.54. The minimum Gasteiger partial charge on any atom is -0.396 e. The summed E-state index contributed by atoms with van der Waals surface area (Å²) in [5, 5.41) is 15.9. The van der Waals surface area contributed by atoms with Crippen molar-refractivity contribution in [2.75, 3.05) is 12.4 Å². The fourth-order valence-corrected chi connectivity index (χ4v) is 1.84. The quantitative estimate of drug-likeness (QED) is 0.437. The van der Waals surface area contributed by atoms with Crippen molar-refractivity contribution in [2.45, 2.75) is 11.2 Å². The molecule has 0 radical (unpaired) electrons. The number of pyridine rings is 1. The molecule has 0 saturated carbocycles. The van der Waals surface area contributed by atoms with Crippen molar-refractivity contribution in [1.82, 2.24) is 4.98 Å². The molecule has 0 aromatic carbocycles. The lowest BCUT2D eigenvalue weighted by molar-refractivity contribution is -0.141. The Bertz CT molecular complexity index is 422. The van der Waals surface area contributed by atoms with E-state index in [1.165, 1.54) is 0 Å². The third-order valence-corrected chi connectivity index (χ3v) is 2.74. The summed E-state index contributed by atoms with van der Waals surface area (Å²) in [6, 6.07) is 1.89. The van der Waals surface area contributed by atoms with Gasteiger partial charge in [-0.05, 0) is 12.1 Å². The summed E-state index contributed by atoms with van der Waals surface area (Å²) >= 11 is 0.924. The molecular weight excluding hydrogens is 255 g/mol. The van der Waals surface area contributed by atoms with Crippen molar-refractivity contribution in [3.8, 4) is 0 Å². The van der Waals surface area contributed by atoms with E-state index >= 15 is 0 Å². The molecule has 4 nitrogen and oxygen atoms in total. The molecule has 94 valence electrons. The molecule has 0 spiro atoms. The van der Waals surface area contributed by atoms with Gasteiger partial charge in [0.1, 0.15) is 16.6 Å². The number of aromatic nitrogens is 1. The van der Waals surface area contributed by atoms with Crippen molar-refractivity contribution in [3.05, 3.63) is 23.4 Å². The molecule has 1 heterocycles. The van der Waals surface area contributed by atoms with Crippen LogP contribution >= 0.6 is 11.8 Å². The first-order valence-electron chi connectivity index (χ1n) is 4.52. The number of rotatable bonds is 4. The highest BCUT2D eigenvalue weighted by atomic mass is 32.2. The lowest BCUT2D eigenvalue weighted by Gasteiger charge is -2.10. The largest absolute Gasteiger partial charge is 0.433 e. The number of nitrogens with zero attached hydrogens (tertiary/aromatic N) is 1. The van der Waals surface area contributed by atoms with E-state index in [1.54, 1.807) is 0 Å². The third-order valence-electron chi connectivity index (χ3n) is 1.77. The number of alkyl halides is 3. The standard InChI is InChI=1S/C9H10F3N3OS/c10-9(11,12)6-2-1-5(7(13)14)8(15-6)17-4-3-16/h1-2,16H,3-4H2,(H3,13,14). The summed E-state index contributed by atoms with van der Waals surface area (Å²) in [7, 11) is 0. The van der Waals surface area contributed by atoms with E-state index in [-0.39, 0.29) is 28.8 Å². The monoisotopic (exact) mass is 265 g/mol. The van der Waals surface area contributed by atoms with Crippen LogP contribution in [0.25, 0.3) is 0 Å². The predicted octanol–water partition coefficient (Wildman–Crippen LogP) is 1.47. The molecule has 1 aromatic rings. The molecule has 0 saturated heterocycles. The second-order valence-corrected chi connectivity index (χ2v) is 4.12. The van der Waals surface area contributed by atoms with Crippen molar-refractivity contribution in [1.29, 1.82) is 5.41 Å². The number of amidine groups is 1. The van der Waals surface area contributed by atoms with Crippen LogP contribution in [0, 0.1) is 5.41 Å². The highest BCUT2D eigenvalue weighted by Crippen LogP contribution is 2.30. The highest BCUT2D eigenvalue weighted by molar-refractivity contribution is 7.99. The zero-order chi connectivity index (χ0) is 13.1. The van der Waals surface area contributed by atoms with Crippen LogP contribution in [-0.2, 0) is 6.18 Å². The Morgan fingerprint density at radius 2 is 2.12 bits per heavy atom. The molecule has 1 aromatic heterocycles. The first-order valence-corrected chi connectivity index (χ1v) is 5.51. The fourth-order valence-electron chi connectivity index (χ4n) is 1.06. The molecule has 17 heavy (non-hydrogen) atoms. The summed E-state index contributed by atoms with van der Waals surface area (Å²) in [4.78, 5) is 3.41. The van der Waals surface area contributed by atoms with Crippen molar-refractivity contribution in [3.63, 3.8) is 0 Å². The minimum atomic E-state index is -4.54. The maximum absolute atomic E-state index is 12.4. The molecule has 1 rings (SSSR count). The predicted molar refractivity (Wildman–Crippen MR) is 58.1 cm³/mol. The van der Waals surface area contributed by atoms with Gasteiger partial charge in [-0.3, -0.25) is 5.41 Å². The average molecular weight is 265 g/mol. The van der Waals surface area contributed by atoms with Crippen LogP contribution in [0.2, 0.25) is 0 Å². The molecule has 0 unspecified atom stereocenters. The molecule has 0 fully saturated rings. The lowest BCUT2D eigenvalue weighted by atomic mass is 10.2. The van der Waals surface area contributed by atoms with E-state index in [0.717, 1.165) is 23.9 Å². The third kappa shape index (κ3) is 3.60. The number of nitrogens with one attached hydrogen (secondary N) is 1. The Morgan fingerprint density at radius 3 is 2.59 bits per heavy atom. The van der Waals surface area contributed by atoms with Gasteiger partial charge in [-0.1, -0.05) is 0 Å². The molecule has 0 amide bonds. The van der Waals surface area contributed by atoms with E-state index in [1.807, 2.05) is 0 Å². The number of nitrogens with two attached hydrogens (primary N) is 1. The number of hydrogen-bond donors (Lipinski definition) is 3. The smallest absolute Gasteiger partial charge is 0.396 e. The van der Waals surface area contributed by atoms with Gasteiger partial charge < -0.3 is 10.8 Å². The first kappa shape index (κ1) is 13.8. The zero-order valence-electron chi connectivity index (χ0n) is 8.58. The van der Waals surface area contributed by atoms with Gasteiger partial charge in [-0.2, -0.15) is 13.2 Å². The molecule has 4 N–H and O–H groups in total. The van der Waals surface area contributed by atoms with E-state index < -0.39 is 11.9 Å². The lowest BCUT2D eigenvalue weighted by Crippen LogP contribution is -2.16. The van der Waals surface area contributed by atoms with Gasteiger partial charge in [-0.25, -0.2) is 4.98 Å². The van der Waals surface area contributed by atoms with E-state index in [9.17, 15) is 13.2 Å². The van der Waals surface area contributed by atoms with Gasteiger partial charge in [0, 0.05) is 11.3 Å². The van der Waals surface area contributed by atoms with Gasteiger partial charge in [0.2, 0.25) is 0 Å². The normalized spacial score (nSPS) is 11.5. The molecule has 0 aliphatic heterocycles. The van der Waals surface area contributed by atoms with Crippen LogP contribution < -0.4 is 5.73 Å². The molecule has 0 atom stereocenters. The summed E-state index contributed by atoms with van der Waals surface area (Å²) in [6.45, 7) is -0.195. The maximum Gasteiger partial charge on any atom is 0.433 e. The van der Waals surface area contributed by atoms with Crippen LogP contribution in [0.5, 0.6) is 0 Å². The van der Waals surface area contributed by atoms with Crippen LogP contribution in [0.1, 0.15) is 11.3 Å². The van der Waals surface area contributed by atoms with Crippen molar-refractivity contribution < 1.29 is 18.3 Å². The maximum atomic E-state index is 12.4. The van der Waals surface area contributed by atoms with Gasteiger partial charge >= 0.3 is 6.18 Å². The highest BCUT2D eigenvalue weighted by Gasteiger charge is 2.33. The molecule has 0 aliphatic carbocycles. The summed E-state index contributed by atoms with van der Waals surface area (Å²) < 4.78 is 37.3. The fraction of sp³-hybridized carbons (Fsp3) is 0.333. The second-order valence-electron chi connectivity index (χ2n) is 3.03.